The Morgan fingerprint density at radius 1 is 1.10 bits per heavy atom. The van der Waals surface area contributed by atoms with Crippen molar-refractivity contribution in [2.75, 3.05) is 13.0 Å². The van der Waals surface area contributed by atoms with Crippen molar-refractivity contribution in [2.45, 2.75) is 19.8 Å². The summed E-state index contributed by atoms with van der Waals surface area (Å²) in [5, 5.41) is 0. The number of hydrogen-bond acceptors (Lipinski definition) is 1. The van der Waals surface area contributed by atoms with Crippen molar-refractivity contribution in [1.29, 1.82) is 0 Å². The molecular formula is C18H20ClFO. The van der Waals surface area contributed by atoms with E-state index in [0.717, 1.165) is 35.3 Å². The fourth-order valence-corrected chi connectivity index (χ4v) is 2.75. The maximum Gasteiger partial charge on any atom is 0.123 e. The van der Waals surface area contributed by atoms with Crippen LogP contribution in [0.25, 0.3) is 0 Å². The Morgan fingerprint density at radius 3 is 2.52 bits per heavy atom. The number of benzene rings is 2. The summed E-state index contributed by atoms with van der Waals surface area (Å²) in [6.45, 7) is 2.00. The Labute approximate surface area is 130 Å². The smallest absolute Gasteiger partial charge is 0.123 e. The summed E-state index contributed by atoms with van der Waals surface area (Å²) in [4.78, 5) is 0. The molecular weight excluding hydrogens is 287 g/mol. The van der Waals surface area contributed by atoms with Crippen molar-refractivity contribution in [2.24, 2.45) is 5.92 Å². The van der Waals surface area contributed by atoms with Crippen LogP contribution in [-0.2, 0) is 12.8 Å². The molecule has 1 atom stereocenters. The third kappa shape index (κ3) is 4.21. The molecule has 3 heteroatoms. The zero-order chi connectivity index (χ0) is 15.2. The number of ether oxygens (including phenoxy) is 1. The molecule has 0 radical (unpaired) electrons. The molecule has 0 amide bonds. The van der Waals surface area contributed by atoms with Crippen molar-refractivity contribution >= 4 is 11.6 Å². The number of para-hydroxylation sites is 1. The molecule has 0 N–H and O–H groups in total. The van der Waals surface area contributed by atoms with Crippen LogP contribution in [0.2, 0.25) is 0 Å². The van der Waals surface area contributed by atoms with Crippen LogP contribution < -0.4 is 4.74 Å². The van der Waals surface area contributed by atoms with Crippen LogP contribution >= 0.6 is 11.6 Å². The predicted molar refractivity (Wildman–Crippen MR) is 85.7 cm³/mol. The molecule has 0 saturated carbocycles. The van der Waals surface area contributed by atoms with Gasteiger partial charge in [-0.2, -0.15) is 0 Å². The van der Waals surface area contributed by atoms with Crippen molar-refractivity contribution in [3.8, 4) is 5.75 Å². The quantitative estimate of drug-likeness (QED) is 0.698. The fourth-order valence-electron chi connectivity index (χ4n) is 2.53. The highest BCUT2D eigenvalue weighted by atomic mass is 35.5. The monoisotopic (exact) mass is 306 g/mol. The second-order valence-corrected chi connectivity index (χ2v) is 5.62. The maximum atomic E-state index is 13.4. The zero-order valence-electron chi connectivity index (χ0n) is 12.4. The van der Waals surface area contributed by atoms with Crippen LogP contribution in [0.5, 0.6) is 5.75 Å². The highest BCUT2D eigenvalue weighted by Gasteiger charge is 2.14. The molecule has 0 aliphatic heterocycles. The van der Waals surface area contributed by atoms with Crippen LogP contribution in [0.4, 0.5) is 4.39 Å². The second-order valence-electron chi connectivity index (χ2n) is 5.31. The van der Waals surface area contributed by atoms with E-state index >= 15 is 0 Å². The number of methoxy groups -OCH3 is 1. The van der Waals surface area contributed by atoms with Crippen LogP contribution in [0, 0.1) is 18.7 Å². The minimum Gasteiger partial charge on any atom is -0.496 e. The van der Waals surface area contributed by atoms with E-state index in [9.17, 15) is 4.39 Å². The average molecular weight is 307 g/mol. The summed E-state index contributed by atoms with van der Waals surface area (Å²) in [5.74, 6) is 1.47. The number of hydrogen-bond donors (Lipinski definition) is 0. The van der Waals surface area contributed by atoms with Gasteiger partial charge in [0, 0.05) is 5.88 Å². The van der Waals surface area contributed by atoms with Crippen LogP contribution in [0.3, 0.4) is 0 Å². The average Bonchev–Trinajstić information content (AvgIpc) is 2.50. The van der Waals surface area contributed by atoms with Crippen molar-refractivity contribution in [1.82, 2.24) is 0 Å². The summed E-state index contributed by atoms with van der Waals surface area (Å²) >= 11 is 6.12. The van der Waals surface area contributed by atoms with E-state index in [1.54, 1.807) is 13.2 Å². The van der Waals surface area contributed by atoms with Gasteiger partial charge in [-0.05, 0) is 60.6 Å². The van der Waals surface area contributed by atoms with Gasteiger partial charge in [0.15, 0.2) is 0 Å². The predicted octanol–water partition coefficient (Wildman–Crippen LogP) is 4.78. The lowest BCUT2D eigenvalue weighted by molar-refractivity contribution is 0.405. The summed E-state index contributed by atoms with van der Waals surface area (Å²) < 4.78 is 18.8. The number of aryl methyl sites for hydroxylation is 1. The molecule has 2 rings (SSSR count). The highest BCUT2D eigenvalue weighted by Crippen LogP contribution is 2.24. The normalized spacial score (nSPS) is 12.2. The van der Waals surface area contributed by atoms with Gasteiger partial charge in [0.05, 0.1) is 7.11 Å². The first-order valence-electron chi connectivity index (χ1n) is 7.07. The Bertz CT molecular complexity index is 598. The van der Waals surface area contributed by atoms with E-state index in [-0.39, 0.29) is 11.7 Å². The van der Waals surface area contributed by atoms with E-state index in [1.165, 1.54) is 6.07 Å². The Balaban J connectivity index is 2.15. The zero-order valence-corrected chi connectivity index (χ0v) is 13.2. The molecule has 0 fully saturated rings. The third-order valence-electron chi connectivity index (χ3n) is 3.74. The third-order valence-corrected chi connectivity index (χ3v) is 4.18. The molecule has 0 aliphatic rings. The Morgan fingerprint density at radius 2 is 1.81 bits per heavy atom. The van der Waals surface area contributed by atoms with Gasteiger partial charge >= 0.3 is 0 Å². The topological polar surface area (TPSA) is 9.23 Å². The summed E-state index contributed by atoms with van der Waals surface area (Å²) in [6, 6.07) is 12.9. The minimum absolute atomic E-state index is 0.193. The molecule has 2 aromatic rings. The minimum atomic E-state index is -0.193. The van der Waals surface area contributed by atoms with Gasteiger partial charge in [0.2, 0.25) is 0 Å². The van der Waals surface area contributed by atoms with Gasteiger partial charge in [-0.3, -0.25) is 0 Å². The Hall–Kier alpha value is -1.54. The largest absolute Gasteiger partial charge is 0.496 e. The van der Waals surface area contributed by atoms with Crippen molar-refractivity contribution in [3.63, 3.8) is 0 Å². The van der Waals surface area contributed by atoms with E-state index in [0.29, 0.717) is 5.88 Å². The molecule has 0 saturated heterocycles. The lowest BCUT2D eigenvalue weighted by atomic mass is 9.91. The lowest BCUT2D eigenvalue weighted by Gasteiger charge is -2.17. The maximum absolute atomic E-state index is 13.4. The first-order valence-corrected chi connectivity index (χ1v) is 7.60. The van der Waals surface area contributed by atoms with Crippen LogP contribution in [0.1, 0.15) is 16.7 Å². The van der Waals surface area contributed by atoms with Gasteiger partial charge < -0.3 is 4.74 Å². The molecule has 1 unspecified atom stereocenters. The molecule has 0 aromatic heterocycles. The molecule has 0 bridgehead atoms. The molecule has 0 heterocycles. The van der Waals surface area contributed by atoms with Gasteiger partial charge in [0.25, 0.3) is 0 Å². The second kappa shape index (κ2) is 7.46. The van der Waals surface area contributed by atoms with Crippen molar-refractivity contribution in [3.05, 3.63) is 65.0 Å². The standard InChI is InChI=1S/C18H20ClFO/c1-13-7-8-17(20)11-16(13)10-14(12-19)9-15-5-3-4-6-18(15)21-2/h3-8,11,14H,9-10,12H2,1-2H3. The highest BCUT2D eigenvalue weighted by molar-refractivity contribution is 6.18. The molecule has 0 aliphatic carbocycles. The first-order chi connectivity index (χ1) is 10.1. The van der Waals surface area contributed by atoms with Crippen LogP contribution in [0.15, 0.2) is 42.5 Å². The van der Waals surface area contributed by atoms with E-state index < -0.39 is 0 Å². The molecule has 21 heavy (non-hydrogen) atoms. The number of halogens is 2. The summed E-state index contributed by atoms with van der Waals surface area (Å²) in [5.41, 5.74) is 3.27. The van der Waals surface area contributed by atoms with E-state index in [2.05, 4.69) is 6.07 Å². The van der Waals surface area contributed by atoms with E-state index in [4.69, 9.17) is 16.3 Å². The number of alkyl halides is 1. The molecule has 1 nitrogen and oxygen atoms in total. The van der Waals surface area contributed by atoms with Gasteiger partial charge in [0.1, 0.15) is 11.6 Å². The van der Waals surface area contributed by atoms with E-state index in [1.807, 2.05) is 31.2 Å². The SMILES string of the molecule is COc1ccccc1CC(CCl)Cc1cc(F)ccc1C. The first kappa shape index (κ1) is 15.8. The molecule has 0 spiro atoms. The van der Waals surface area contributed by atoms with Crippen molar-refractivity contribution < 1.29 is 9.13 Å². The lowest BCUT2D eigenvalue weighted by Crippen LogP contribution is -2.12. The molecule has 112 valence electrons. The summed E-state index contributed by atoms with van der Waals surface area (Å²) in [7, 11) is 1.67. The summed E-state index contributed by atoms with van der Waals surface area (Å²) in [6.07, 6.45) is 1.59. The van der Waals surface area contributed by atoms with Gasteiger partial charge in [-0.25, -0.2) is 4.39 Å². The van der Waals surface area contributed by atoms with Gasteiger partial charge in [-0.15, -0.1) is 11.6 Å². The van der Waals surface area contributed by atoms with Crippen LogP contribution in [-0.4, -0.2) is 13.0 Å². The molecule has 2 aromatic carbocycles. The Kier molecular flexibility index (Phi) is 5.63. The fraction of sp³-hybridized carbons (Fsp3) is 0.333. The van der Waals surface area contributed by atoms with Gasteiger partial charge in [-0.1, -0.05) is 24.3 Å². The number of rotatable bonds is 6.